The van der Waals surface area contributed by atoms with Crippen molar-refractivity contribution >= 4 is 33.2 Å². The summed E-state index contributed by atoms with van der Waals surface area (Å²) in [5.74, 6) is 0.787. The van der Waals surface area contributed by atoms with Crippen LogP contribution >= 0.6 is 27.5 Å². The summed E-state index contributed by atoms with van der Waals surface area (Å²) in [5, 5.41) is 9.00. The second kappa shape index (κ2) is 4.13. The second-order valence-corrected chi connectivity index (χ2v) is 4.96. The molecule has 0 amide bonds. The minimum absolute atomic E-state index is 0.691. The second-order valence-electron chi connectivity index (χ2n) is 3.61. The molecule has 3 nitrogen and oxygen atoms in total. The highest BCUT2D eigenvalue weighted by molar-refractivity contribution is 9.10. The standard InChI is InChI=1S/C12H7BrClN3/c13-9-4-5-17-11(7-9)15-16-12(17)8-2-1-3-10(14)6-8/h1-7H. The molecule has 84 valence electrons. The maximum absolute atomic E-state index is 5.97. The van der Waals surface area contributed by atoms with Gasteiger partial charge in [0.05, 0.1) is 0 Å². The molecule has 0 unspecified atom stereocenters. The molecule has 0 saturated carbocycles. The summed E-state index contributed by atoms with van der Waals surface area (Å²) in [4.78, 5) is 0. The van der Waals surface area contributed by atoms with Gasteiger partial charge in [0.25, 0.3) is 0 Å². The van der Waals surface area contributed by atoms with E-state index in [4.69, 9.17) is 11.6 Å². The quantitative estimate of drug-likeness (QED) is 0.684. The predicted molar refractivity (Wildman–Crippen MR) is 71.1 cm³/mol. The maximum atomic E-state index is 5.97. The summed E-state index contributed by atoms with van der Waals surface area (Å²) in [6.45, 7) is 0. The lowest BCUT2D eigenvalue weighted by Crippen LogP contribution is -1.88. The lowest BCUT2D eigenvalue weighted by molar-refractivity contribution is 1.11. The van der Waals surface area contributed by atoms with Gasteiger partial charge in [-0.15, -0.1) is 10.2 Å². The Morgan fingerprint density at radius 1 is 1.12 bits per heavy atom. The third kappa shape index (κ3) is 1.94. The highest BCUT2D eigenvalue weighted by atomic mass is 79.9. The molecule has 0 radical (unpaired) electrons. The topological polar surface area (TPSA) is 30.2 Å². The highest BCUT2D eigenvalue weighted by Gasteiger charge is 2.08. The monoisotopic (exact) mass is 307 g/mol. The first kappa shape index (κ1) is 10.7. The molecule has 5 heteroatoms. The summed E-state index contributed by atoms with van der Waals surface area (Å²) in [6.07, 6.45) is 1.93. The minimum Gasteiger partial charge on any atom is -0.282 e. The molecular formula is C12H7BrClN3. The predicted octanol–water partition coefficient (Wildman–Crippen LogP) is 3.81. The van der Waals surface area contributed by atoms with E-state index in [1.165, 1.54) is 0 Å². The summed E-state index contributed by atoms with van der Waals surface area (Å²) in [7, 11) is 0. The van der Waals surface area contributed by atoms with Crippen molar-refractivity contribution in [3.63, 3.8) is 0 Å². The highest BCUT2D eigenvalue weighted by Crippen LogP contribution is 2.22. The van der Waals surface area contributed by atoms with Crippen LogP contribution in [0, 0.1) is 0 Å². The maximum Gasteiger partial charge on any atom is 0.168 e. The Morgan fingerprint density at radius 2 is 2.00 bits per heavy atom. The van der Waals surface area contributed by atoms with Crippen LogP contribution in [0.2, 0.25) is 5.02 Å². The zero-order chi connectivity index (χ0) is 11.8. The van der Waals surface area contributed by atoms with Crippen LogP contribution < -0.4 is 0 Å². The average Bonchev–Trinajstić information content (AvgIpc) is 2.71. The van der Waals surface area contributed by atoms with Crippen molar-refractivity contribution < 1.29 is 0 Å². The molecule has 0 bridgehead atoms. The number of hydrogen-bond donors (Lipinski definition) is 0. The Bertz CT molecular complexity index is 693. The van der Waals surface area contributed by atoms with E-state index >= 15 is 0 Å². The van der Waals surface area contributed by atoms with Crippen LogP contribution in [0.4, 0.5) is 0 Å². The van der Waals surface area contributed by atoms with Gasteiger partial charge in [0.1, 0.15) is 0 Å². The Kier molecular flexibility index (Phi) is 2.61. The van der Waals surface area contributed by atoms with E-state index in [0.717, 1.165) is 21.5 Å². The molecule has 3 rings (SSSR count). The van der Waals surface area contributed by atoms with Crippen LogP contribution in [0.1, 0.15) is 0 Å². The van der Waals surface area contributed by atoms with Gasteiger partial charge in [-0.3, -0.25) is 4.40 Å². The minimum atomic E-state index is 0.691. The molecule has 0 saturated heterocycles. The Morgan fingerprint density at radius 3 is 2.82 bits per heavy atom. The van der Waals surface area contributed by atoms with Crippen molar-refractivity contribution in [1.82, 2.24) is 14.6 Å². The molecule has 0 aliphatic heterocycles. The lowest BCUT2D eigenvalue weighted by Gasteiger charge is -2.00. The van der Waals surface area contributed by atoms with Gasteiger partial charge in [-0.05, 0) is 24.3 Å². The van der Waals surface area contributed by atoms with Crippen LogP contribution in [0.25, 0.3) is 17.0 Å². The van der Waals surface area contributed by atoms with Crippen molar-refractivity contribution in [3.05, 3.63) is 52.1 Å². The number of pyridine rings is 1. The van der Waals surface area contributed by atoms with Crippen LogP contribution in [0.15, 0.2) is 47.1 Å². The molecule has 0 atom stereocenters. The van der Waals surface area contributed by atoms with E-state index in [0.29, 0.717) is 5.02 Å². The van der Waals surface area contributed by atoms with Crippen LogP contribution in [-0.4, -0.2) is 14.6 Å². The molecule has 2 aromatic heterocycles. The van der Waals surface area contributed by atoms with Gasteiger partial charge >= 0.3 is 0 Å². The van der Waals surface area contributed by atoms with Gasteiger partial charge in [0, 0.05) is 21.3 Å². The lowest BCUT2D eigenvalue weighted by atomic mass is 10.2. The Labute approximate surface area is 111 Å². The molecule has 0 fully saturated rings. The van der Waals surface area contributed by atoms with Gasteiger partial charge < -0.3 is 0 Å². The molecule has 0 aliphatic carbocycles. The number of hydrogen-bond acceptors (Lipinski definition) is 2. The van der Waals surface area contributed by atoms with Crippen molar-refractivity contribution in [1.29, 1.82) is 0 Å². The number of fused-ring (bicyclic) bond motifs is 1. The van der Waals surface area contributed by atoms with Crippen molar-refractivity contribution in [2.45, 2.75) is 0 Å². The fourth-order valence-electron chi connectivity index (χ4n) is 1.69. The van der Waals surface area contributed by atoms with E-state index in [1.807, 2.05) is 47.0 Å². The zero-order valence-electron chi connectivity index (χ0n) is 8.64. The molecule has 3 aromatic rings. The third-order valence-electron chi connectivity index (χ3n) is 2.45. The molecule has 1 aromatic carbocycles. The SMILES string of the molecule is Clc1cccc(-c2nnc3cc(Br)ccn23)c1. The average molecular weight is 309 g/mol. The summed E-state index contributed by atoms with van der Waals surface area (Å²) >= 11 is 9.38. The first-order valence-electron chi connectivity index (χ1n) is 5.00. The van der Waals surface area contributed by atoms with E-state index in [9.17, 15) is 0 Å². The zero-order valence-corrected chi connectivity index (χ0v) is 11.0. The van der Waals surface area contributed by atoms with Gasteiger partial charge in [-0.1, -0.05) is 39.7 Å². The van der Waals surface area contributed by atoms with E-state index in [-0.39, 0.29) is 0 Å². The third-order valence-corrected chi connectivity index (χ3v) is 3.18. The molecule has 0 spiro atoms. The van der Waals surface area contributed by atoms with Gasteiger partial charge in [-0.25, -0.2) is 0 Å². The van der Waals surface area contributed by atoms with Gasteiger partial charge in [-0.2, -0.15) is 0 Å². The van der Waals surface area contributed by atoms with E-state index in [1.54, 1.807) is 0 Å². The fraction of sp³-hybridized carbons (Fsp3) is 0. The normalized spacial score (nSPS) is 10.9. The molecule has 0 aliphatic rings. The van der Waals surface area contributed by atoms with Crippen LogP contribution in [0.3, 0.4) is 0 Å². The first-order chi connectivity index (χ1) is 8.24. The molecule has 17 heavy (non-hydrogen) atoms. The number of aromatic nitrogens is 3. The summed E-state index contributed by atoms with van der Waals surface area (Å²) < 4.78 is 2.91. The Hall–Kier alpha value is -1.39. The van der Waals surface area contributed by atoms with E-state index in [2.05, 4.69) is 26.1 Å². The number of halogens is 2. The number of rotatable bonds is 1. The van der Waals surface area contributed by atoms with E-state index < -0.39 is 0 Å². The van der Waals surface area contributed by atoms with Crippen molar-refractivity contribution in [2.75, 3.05) is 0 Å². The summed E-state index contributed by atoms with van der Waals surface area (Å²) in [6, 6.07) is 11.4. The first-order valence-corrected chi connectivity index (χ1v) is 6.17. The summed E-state index contributed by atoms with van der Waals surface area (Å²) in [5.41, 5.74) is 1.75. The van der Waals surface area contributed by atoms with Gasteiger partial charge in [0.2, 0.25) is 0 Å². The fourth-order valence-corrected chi connectivity index (χ4v) is 2.20. The molecule has 0 N–H and O–H groups in total. The molecular weight excluding hydrogens is 302 g/mol. The molecule has 2 heterocycles. The van der Waals surface area contributed by atoms with Crippen molar-refractivity contribution in [3.8, 4) is 11.4 Å². The Balaban J connectivity index is 2.24. The number of nitrogens with zero attached hydrogens (tertiary/aromatic N) is 3. The smallest absolute Gasteiger partial charge is 0.168 e. The largest absolute Gasteiger partial charge is 0.282 e. The number of benzene rings is 1. The van der Waals surface area contributed by atoms with Gasteiger partial charge in [0.15, 0.2) is 11.5 Å². The van der Waals surface area contributed by atoms with Crippen LogP contribution in [-0.2, 0) is 0 Å². The van der Waals surface area contributed by atoms with Crippen molar-refractivity contribution in [2.24, 2.45) is 0 Å². The van der Waals surface area contributed by atoms with Crippen LogP contribution in [0.5, 0.6) is 0 Å².